The zero-order chi connectivity index (χ0) is 29.5. The fraction of sp³-hybridized carbons (Fsp3) is 0.256. The first-order valence-corrected chi connectivity index (χ1v) is 14.9. The van der Waals surface area contributed by atoms with Gasteiger partial charge >= 0.3 is 0 Å². The minimum Gasteiger partial charge on any atom is -0.356 e. The molecule has 206 valence electrons. The molecule has 0 aliphatic heterocycles. The number of anilines is 2. The molecule has 2 aliphatic rings. The molecule has 0 bridgehead atoms. The topological polar surface area (TPSA) is 35.8 Å². The average molecular weight is 537 g/mol. The van der Waals surface area contributed by atoms with Crippen LogP contribution in [0.2, 0.25) is 0 Å². The van der Waals surface area contributed by atoms with E-state index in [-0.39, 0.29) is 10.8 Å². The van der Waals surface area contributed by atoms with E-state index < -0.39 is 0 Å². The highest BCUT2D eigenvalue weighted by Gasteiger charge is 2.42. The van der Waals surface area contributed by atoms with Gasteiger partial charge in [0.1, 0.15) is 0 Å². The van der Waals surface area contributed by atoms with Gasteiger partial charge in [-0.15, -0.1) is 0 Å². The molecule has 0 saturated heterocycles. The van der Waals surface area contributed by atoms with Crippen molar-refractivity contribution >= 4 is 22.1 Å². The maximum absolute atomic E-state index is 9.10. The van der Waals surface area contributed by atoms with E-state index in [1.807, 2.05) is 52.0 Å². The van der Waals surface area contributed by atoms with E-state index in [4.69, 9.17) is 5.26 Å². The van der Waals surface area contributed by atoms with Crippen LogP contribution in [0.1, 0.15) is 83.2 Å². The molecule has 5 aromatic carbocycles. The van der Waals surface area contributed by atoms with Gasteiger partial charge in [-0.1, -0.05) is 97.9 Å². The average Bonchev–Trinajstić information content (AvgIpc) is 3.37. The third-order valence-corrected chi connectivity index (χ3v) is 8.66. The fourth-order valence-corrected chi connectivity index (χ4v) is 6.60. The number of nitriles is 1. The molecule has 5 aromatic rings. The molecule has 2 heteroatoms. The molecule has 0 amide bonds. The summed E-state index contributed by atoms with van der Waals surface area (Å²) >= 11 is 0. The lowest BCUT2D eigenvalue weighted by Gasteiger charge is -2.24. The number of hydrogen-bond acceptors (Lipinski definition) is 2. The van der Waals surface area contributed by atoms with Crippen LogP contribution >= 0.6 is 0 Å². The molecule has 0 heterocycles. The van der Waals surface area contributed by atoms with Crippen LogP contribution in [0.4, 0.5) is 11.4 Å². The lowest BCUT2D eigenvalue weighted by Crippen LogP contribution is -2.17. The standard InChI is InChI=1S/C35H28N2.2C2H6/c1-34(2)29-16-11-22-7-5-6-8-25(22)33(29)28-19-31-27(18-32(28)34)26-15-14-24(17-30(26)35(31,3)4)37-23-12-9-21(20-36)10-13-23;2*1-2/h5-19,37H,1-4H3;2*1-2H3. The lowest BCUT2D eigenvalue weighted by atomic mass is 9.79. The van der Waals surface area contributed by atoms with Gasteiger partial charge in [-0.25, -0.2) is 0 Å². The van der Waals surface area contributed by atoms with E-state index in [1.54, 1.807) is 0 Å². The first kappa shape index (κ1) is 28.2. The van der Waals surface area contributed by atoms with Crippen molar-refractivity contribution in [2.24, 2.45) is 0 Å². The SMILES string of the molecule is CC.CC.CC1(C)c2cc(Nc3ccc(C#N)cc3)ccc2-c2cc3c(cc21)-c1c(ccc2ccccc12)C3(C)C. The molecule has 0 spiro atoms. The summed E-state index contributed by atoms with van der Waals surface area (Å²) in [7, 11) is 0. The number of nitrogens with zero attached hydrogens (tertiary/aromatic N) is 1. The van der Waals surface area contributed by atoms with Gasteiger partial charge in [0.2, 0.25) is 0 Å². The summed E-state index contributed by atoms with van der Waals surface area (Å²) < 4.78 is 0. The van der Waals surface area contributed by atoms with E-state index in [0.29, 0.717) is 5.56 Å². The summed E-state index contributed by atoms with van der Waals surface area (Å²) in [5.41, 5.74) is 13.6. The monoisotopic (exact) mass is 536 g/mol. The molecule has 0 radical (unpaired) electrons. The number of rotatable bonds is 2. The highest BCUT2D eigenvalue weighted by molar-refractivity contribution is 6.03. The third-order valence-electron chi connectivity index (χ3n) is 8.66. The molecular weight excluding hydrogens is 496 g/mol. The minimum atomic E-state index is -0.112. The maximum Gasteiger partial charge on any atom is 0.0991 e. The van der Waals surface area contributed by atoms with Crippen molar-refractivity contribution in [1.29, 1.82) is 5.26 Å². The number of hydrogen-bond donors (Lipinski definition) is 1. The van der Waals surface area contributed by atoms with Gasteiger partial charge in [-0.2, -0.15) is 5.26 Å². The molecule has 41 heavy (non-hydrogen) atoms. The molecule has 0 aromatic heterocycles. The molecule has 2 aliphatic carbocycles. The van der Waals surface area contributed by atoms with Crippen LogP contribution in [0.25, 0.3) is 33.0 Å². The molecule has 7 rings (SSSR count). The van der Waals surface area contributed by atoms with Gasteiger partial charge < -0.3 is 5.32 Å². The summed E-state index contributed by atoms with van der Waals surface area (Å²) in [6.07, 6.45) is 0. The highest BCUT2D eigenvalue weighted by atomic mass is 14.9. The normalized spacial score (nSPS) is 14.2. The van der Waals surface area contributed by atoms with Crippen molar-refractivity contribution in [2.75, 3.05) is 5.32 Å². The van der Waals surface area contributed by atoms with Crippen LogP contribution in [-0.2, 0) is 10.8 Å². The fourth-order valence-electron chi connectivity index (χ4n) is 6.60. The molecule has 2 nitrogen and oxygen atoms in total. The Hall–Kier alpha value is -4.35. The van der Waals surface area contributed by atoms with Gasteiger partial charge in [0.05, 0.1) is 11.6 Å². The summed E-state index contributed by atoms with van der Waals surface area (Å²) in [5, 5.41) is 15.3. The Morgan fingerprint density at radius 2 is 1.15 bits per heavy atom. The van der Waals surface area contributed by atoms with Crippen molar-refractivity contribution in [1.82, 2.24) is 0 Å². The number of fused-ring (bicyclic) bond motifs is 8. The third kappa shape index (κ3) is 4.32. The van der Waals surface area contributed by atoms with Crippen LogP contribution in [0.5, 0.6) is 0 Å². The van der Waals surface area contributed by atoms with E-state index in [9.17, 15) is 0 Å². The quantitative estimate of drug-likeness (QED) is 0.243. The molecule has 0 fully saturated rings. The first-order chi connectivity index (χ1) is 19.8. The Morgan fingerprint density at radius 3 is 1.85 bits per heavy atom. The maximum atomic E-state index is 9.10. The van der Waals surface area contributed by atoms with Gasteiger partial charge in [-0.05, 0) is 104 Å². The van der Waals surface area contributed by atoms with E-state index >= 15 is 0 Å². The Labute approximate surface area is 245 Å². The first-order valence-electron chi connectivity index (χ1n) is 14.9. The molecule has 0 saturated carbocycles. The molecule has 1 N–H and O–H groups in total. The summed E-state index contributed by atoms with van der Waals surface area (Å²) in [5.74, 6) is 0. The van der Waals surface area contributed by atoms with Crippen molar-refractivity contribution in [2.45, 2.75) is 66.2 Å². The van der Waals surface area contributed by atoms with Gasteiger partial charge in [0.25, 0.3) is 0 Å². The highest BCUT2D eigenvalue weighted by Crippen LogP contribution is 2.57. The van der Waals surface area contributed by atoms with Gasteiger partial charge in [0, 0.05) is 22.2 Å². The predicted octanol–water partition coefficient (Wildman–Crippen LogP) is 11.1. The zero-order valence-electron chi connectivity index (χ0n) is 25.6. The Bertz CT molecular complexity index is 1800. The minimum absolute atomic E-state index is 0.0479. The smallest absolute Gasteiger partial charge is 0.0991 e. The predicted molar refractivity (Wildman–Crippen MR) is 176 cm³/mol. The van der Waals surface area contributed by atoms with Crippen LogP contribution in [-0.4, -0.2) is 0 Å². The van der Waals surface area contributed by atoms with Crippen molar-refractivity contribution < 1.29 is 0 Å². The van der Waals surface area contributed by atoms with Crippen molar-refractivity contribution in [3.05, 3.63) is 119 Å². The Kier molecular flexibility index (Phi) is 7.26. The second-order valence-electron chi connectivity index (χ2n) is 11.5. The van der Waals surface area contributed by atoms with E-state index in [2.05, 4.69) is 106 Å². The van der Waals surface area contributed by atoms with Crippen LogP contribution in [0.3, 0.4) is 0 Å². The largest absolute Gasteiger partial charge is 0.356 e. The lowest BCUT2D eigenvalue weighted by molar-refractivity contribution is 0.652. The van der Waals surface area contributed by atoms with Crippen molar-refractivity contribution in [3.8, 4) is 28.3 Å². The van der Waals surface area contributed by atoms with E-state index in [0.717, 1.165) is 11.4 Å². The van der Waals surface area contributed by atoms with Gasteiger partial charge in [-0.3, -0.25) is 0 Å². The second kappa shape index (κ2) is 10.6. The number of nitrogens with one attached hydrogen (secondary N) is 1. The van der Waals surface area contributed by atoms with E-state index in [1.165, 1.54) is 55.3 Å². The van der Waals surface area contributed by atoms with Crippen LogP contribution in [0.15, 0.2) is 91.0 Å². The van der Waals surface area contributed by atoms with Crippen LogP contribution in [0, 0.1) is 11.3 Å². The number of benzene rings is 5. The van der Waals surface area contributed by atoms with Crippen LogP contribution < -0.4 is 5.32 Å². The zero-order valence-corrected chi connectivity index (χ0v) is 25.6. The Morgan fingerprint density at radius 1 is 0.561 bits per heavy atom. The summed E-state index contributed by atoms with van der Waals surface area (Å²) in [6, 6.07) is 34.9. The van der Waals surface area contributed by atoms with Crippen molar-refractivity contribution in [3.63, 3.8) is 0 Å². The molecule has 0 unspecified atom stereocenters. The molecular formula is C39H40N2. The van der Waals surface area contributed by atoms with Gasteiger partial charge in [0.15, 0.2) is 0 Å². The Balaban J connectivity index is 0.000000810. The summed E-state index contributed by atoms with van der Waals surface area (Å²) in [6.45, 7) is 17.4. The molecule has 0 atom stereocenters. The summed E-state index contributed by atoms with van der Waals surface area (Å²) in [4.78, 5) is 0. The second-order valence-corrected chi connectivity index (χ2v) is 11.5.